The minimum Gasteiger partial charge on any atom is -0.388 e. The molecule has 2 saturated heterocycles. The Morgan fingerprint density at radius 2 is 1.89 bits per heavy atom. The molecule has 0 spiro atoms. The topological polar surface area (TPSA) is 125 Å². The SMILES string of the molecule is CN(Cc1ccccc1)Cc1cn(C[C@@H]2O[C@@H](CC(=O)NCCN3CCOCC3)[C@H](O)[C@@H]2O)nn1. The molecule has 2 aromatic rings. The van der Waals surface area contributed by atoms with Crippen LogP contribution >= 0.6 is 0 Å². The van der Waals surface area contributed by atoms with E-state index >= 15 is 0 Å². The summed E-state index contributed by atoms with van der Waals surface area (Å²) in [6.07, 6.45) is -1.87. The van der Waals surface area contributed by atoms with Crippen molar-refractivity contribution in [1.29, 1.82) is 0 Å². The van der Waals surface area contributed by atoms with Gasteiger partial charge in [-0.15, -0.1) is 5.10 Å². The molecule has 0 aliphatic carbocycles. The molecular weight excluding hydrogens is 452 g/mol. The molecule has 4 atom stereocenters. The van der Waals surface area contributed by atoms with E-state index in [1.54, 1.807) is 4.68 Å². The first-order chi connectivity index (χ1) is 17.0. The minimum atomic E-state index is -1.13. The van der Waals surface area contributed by atoms with E-state index in [1.807, 2.05) is 31.4 Å². The fourth-order valence-electron chi connectivity index (χ4n) is 4.49. The maximum atomic E-state index is 12.3. The number of aliphatic hydroxyl groups excluding tert-OH is 2. The van der Waals surface area contributed by atoms with Gasteiger partial charge in [0.2, 0.25) is 5.91 Å². The summed E-state index contributed by atoms with van der Waals surface area (Å²) in [6, 6.07) is 10.2. The molecule has 2 fully saturated rings. The van der Waals surface area contributed by atoms with E-state index in [2.05, 4.69) is 37.6 Å². The first-order valence-corrected chi connectivity index (χ1v) is 12.2. The summed E-state index contributed by atoms with van der Waals surface area (Å²) in [5.41, 5.74) is 2.02. The van der Waals surface area contributed by atoms with Gasteiger partial charge in [0.1, 0.15) is 18.3 Å². The third kappa shape index (κ3) is 7.53. The third-order valence-corrected chi connectivity index (χ3v) is 6.38. The summed E-state index contributed by atoms with van der Waals surface area (Å²) in [6.45, 7) is 6.09. The molecular formula is C24H36N6O5. The van der Waals surface area contributed by atoms with Gasteiger partial charge in [-0.05, 0) is 12.6 Å². The van der Waals surface area contributed by atoms with Crippen LogP contribution in [0.15, 0.2) is 36.5 Å². The first-order valence-electron chi connectivity index (χ1n) is 12.2. The highest BCUT2D eigenvalue weighted by Gasteiger charge is 2.43. The zero-order valence-corrected chi connectivity index (χ0v) is 20.2. The van der Waals surface area contributed by atoms with Crippen molar-refractivity contribution in [1.82, 2.24) is 30.1 Å². The van der Waals surface area contributed by atoms with Crippen LogP contribution in [0.3, 0.4) is 0 Å². The van der Waals surface area contributed by atoms with Gasteiger partial charge >= 0.3 is 0 Å². The molecule has 4 rings (SSSR count). The highest BCUT2D eigenvalue weighted by molar-refractivity contribution is 5.76. The third-order valence-electron chi connectivity index (χ3n) is 6.38. The van der Waals surface area contributed by atoms with Crippen molar-refractivity contribution in [2.24, 2.45) is 0 Å². The van der Waals surface area contributed by atoms with E-state index < -0.39 is 24.4 Å². The van der Waals surface area contributed by atoms with Crippen LogP contribution in [0.5, 0.6) is 0 Å². The molecule has 0 saturated carbocycles. The lowest BCUT2D eigenvalue weighted by Crippen LogP contribution is -2.42. The second kappa shape index (κ2) is 12.5. The van der Waals surface area contributed by atoms with Crippen LogP contribution in [-0.2, 0) is 33.9 Å². The molecule has 0 radical (unpaired) electrons. The van der Waals surface area contributed by atoms with Crippen LogP contribution in [0.25, 0.3) is 0 Å². The predicted octanol–water partition coefficient (Wildman–Crippen LogP) is -0.762. The number of nitrogens with one attached hydrogen (secondary N) is 1. The largest absolute Gasteiger partial charge is 0.388 e. The average Bonchev–Trinajstić information content (AvgIpc) is 3.39. The van der Waals surface area contributed by atoms with Gasteiger partial charge in [-0.3, -0.25) is 14.6 Å². The highest BCUT2D eigenvalue weighted by Crippen LogP contribution is 2.25. The summed E-state index contributed by atoms with van der Waals surface area (Å²) < 4.78 is 12.8. The van der Waals surface area contributed by atoms with Crippen LogP contribution in [0.1, 0.15) is 17.7 Å². The smallest absolute Gasteiger partial charge is 0.222 e. The van der Waals surface area contributed by atoms with Crippen molar-refractivity contribution < 1.29 is 24.5 Å². The number of hydrogen-bond donors (Lipinski definition) is 3. The lowest BCUT2D eigenvalue weighted by atomic mass is 10.1. The number of hydrogen-bond acceptors (Lipinski definition) is 9. The van der Waals surface area contributed by atoms with Gasteiger partial charge in [-0.25, -0.2) is 4.68 Å². The number of aliphatic hydroxyl groups is 2. The number of rotatable bonds is 11. The molecule has 3 N–H and O–H groups in total. The minimum absolute atomic E-state index is 0.00920. The van der Waals surface area contributed by atoms with E-state index in [4.69, 9.17) is 9.47 Å². The summed E-state index contributed by atoms with van der Waals surface area (Å²) >= 11 is 0. The Morgan fingerprint density at radius 3 is 2.66 bits per heavy atom. The fraction of sp³-hybridized carbons (Fsp3) is 0.625. The summed E-state index contributed by atoms with van der Waals surface area (Å²) in [7, 11) is 2.02. The maximum absolute atomic E-state index is 12.3. The van der Waals surface area contributed by atoms with E-state index in [0.717, 1.165) is 31.9 Å². The number of nitrogens with zero attached hydrogens (tertiary/aromatic N) is 5. The van der Waals surface area contributed by atoms with Crippen LogP contribution in [0, 0.1) is 0 Å². The maximum Gasteiger partial charge on any atom is 0.222 e. The van der Waals surface area contributed by atoms with Crippen molar-refractivity contribution in [3.05, 3.63) is 47.8 Å². The lowest BCUT2D eigenvalue weighted by molar-refractivity contribution is -0.125. The monoisotopic (exact) mass is 488 g/mol. The number of amides is 1. The Bertz CT molecular complexity index is 922. The molecule has 1 amide bonds. The van der Waals surface area contributed by atoms with Crippen LogP contribution in [0.2, 0.25) is 0 Å². The molecule has 35 heavy (non-hydrogen) atoms. The molecule has 11 nitrogen and oxygen atoms in total. The van der Waals surface area contributed by atoms with Crippen molar-refractivity contribution in [2.75, 3.05) is 46.4 Å². The quantitative estimate of drug-likeness (QED) is 0.374. The Hall–Kier alpha value is -2.41. The number of carbonyl (C=O) groups excluding carboxylic acids is 1. The molecule has 1 aromatic heterocycles. The summed E-state index contributed by atoms with van der Waals surface area (Å²) in [5, 5.41) is 32.1. The van der Waals surface area contributed by atoms with Crippen molar-refractivity contribution in [3.8, 4) is 0 Å². The Morgan fingerprint density at radius 1 is 1.14 bits per heavy atom. The summed E-state index contributed by atoms with van der Waals surface area (Å²) in [5.74, 6) is -0.209. The number of benzene rings is 1. The van der Waals surface area contributed by atoms with Gasteiger partial charge in [-0.2, -0.15) is 0 Å². The molecule has 192 valence electrons. The van der Waals surface area contributed by atoms with Gasteiger partial charge in [0.15, 0.2) is 0 Å². The number of ether oxygens (including phenoxy) is 2. The lowest BCUT2D eigenvalue weighted by Gasteiger charge is -2.26. The van der Waals surface area contributed by atoms with Crippen LogP contribution in [-0.4, -0.2) is 112 Å². The highest BCUT2D eigenvalue weighted by atomic mass is 16.5. The van der Waals surface area contributed by atoms with Gasteiger partial charge in [-0.1, -0.05) is 35.5 Å². The normalized spacial score (nSPS) is 25.3. The first kappa shape index (κ1) is 25.7. The van der Waals surface area contributed by atoms with Crippen molar-refractivity contribution in [2.45, 2.75) is 50.5 Å². The van der Waals surface area contributed by atoms with Crippen LogP contribution < -0.4 is 5.32 Å². The van der Waals surface area contributed by atoms with E-state index in [1.165, 1.54) is 5.56 Å². The molecule has 2 aliphatic heterocycles. The van der Waals surface area contributed by atoms with E-state index in [0.29, 0.717) is 26.3 Å². The van der Waals surface area contributed by atoms with Gasteiger partial charge < -0.3 is 25.0 Å². The van der Waals surface area contributed by atoms with Gasteiger partial charge in [0, 0.05) is 45.5 Å². The standard InChI is InChI=1S/C24H36N6O5/c1-28(14-18-5-3-2-4-6-18)15-19-16-30(27-26-19)17-21-24(33)23(32)20(35-21)13-22(31)25-7-8-29-9-11-34-12-10-29/h2-6,16,20-21,23-24,32-33H,7-15,17H2,1H3,(H,25,31)/t20-,21-,23-,24+/m0/s1. The second-order valence-corrected chi connectivity index (χ2v) is 9.29. The zero-order chi connectivity index (χ0) is 24.6. The zero-order valence-electron chi connectivity index (χ0n) is 20.2. The van der Waals surface area contributed by atoms with Gasteiger partial charge in [0.05, 0.1) is 38.0 Å². The summed E-state index contributed by atoms with van der Waals surface area (Å²) in [4.78, 5) is 16.7. The molecule has 3 heterocycles. The molecule has 11 heteroatoms. The van der Waals surface area contributed by atoms with Crippen molar-refractivity contribution >= 4 is 5.91 Å². The molecule has 0 bridgehead atoms. The molecule has 0 unspecified atom stereocenters. The number of carbonyl (C=O) groups is 1. The van der Waals surface area contributed by atoms with Crippen molar-refractivity contribution in [3.63, 3.8) is 0 Å². The van der Waals surface area contributed by atoms with Gasteiger partial charge in [0.25, 0.3) is 0 Å². The number of aromatic nitrogens is 3. The molecule has 1 aromatic carbocycles. The fourth-order valence-corrected chi connectivity index (χ4v) is 4.49. The Kier molecular flexibility index (Phi) is 9.18. The molecule has 2 aliphatic rings. The van der Waals surface area contributed by atoms with E-state index in [-0.39, 0.29) is 18.9 Å². The van der Waals surface area contributed by atoms with Crippen LogP contribution in [0.4, 0.5) is 0 Å². The Balaban J connectivity index is 1.20. The van der Waals surface area contributed by atoms with E-state index in [9.17, 15) is 15.0 Å². The number of morpholine rings is 1. The second-order valence-electron chi connectivity index (χ2n) is 9.29. The predicted molar refractivity (Wildman–Crippen MR) is 127 cm³/mol. The Labute approximate surface area is 205 Å². The average molecular weight is 489 g/mol.